The fraction of sp³-hybridized carbons (Fsp3) is 0.538. The first-order chi connectivity index (χ1) is 8.15. The maximum absolute atomic E-state index is 11.8. The highest BCUT2D eigenvalue weighted by Crippen LogP contribution is 2.29. The summed E-state index contributed by atoms with van der Waals surface area (Å²) >= 11 is 5.74. The molecular formula is C13H17ClN2O. The Labute approximate surface area is 107 Å². The fourth-order valence-corrected chi connectivity index (χ4v) is 2.57. The smallest absolute Gasteiger partial charge is 0.251 e. The van der Waals surface area contributed by atoms with Crippen LogP contribution in [0.1, 0.15) is 36.5 Å². The lowest BCUT2D eigenvalue weighted by atomic mass is 10.1. The van der Waals surface area contributed by atoms with Crippen LogP contribution >= 0.6 is 11.6 Å². The molecule has 2 atom stereocenters. The van der Waals surface area contributed by atoms with Crippen LogP contribution in [0.3, 0.4) is 0 Å². The highest BCUT2D eigenvalue weighted by atomic mass is 35.5. The van der Waals surface area contributed by atoms with Crippen molar-refractivity contribution in [2.45, 2.75) is 26.2 Å². The molecule has 1 aromatic rings. The van der Waals surface area contributed by atoms with E-state index in [-0.39, 0.29) is 5.91 Å². The van der Waals surface area contributed by atoms with E-state index in [1.165, 1.54) is 19.3 Å². The van der Waals surface area contributed by atoms with E-state index in [0.29, 0.717) is 16.6 Å². The largest absolute Gasteiger partial charge is 0.352 e. The first-order valence-electron chi connectivity index (χ1n) is 6.05. The van der Waals surface area contributed by atoms with Crippen molar-refractivity contribution in [1.82, 2.24) is 10.3 Å². The third kappa shape index (κ3) is 3.43. The zero-order chi connectivity index (χ0) is 12.3. The number of carbonyl (C=O) groups excluding carboxylic acids is 1. The average Bonchev–Trinajstić information content (AvgIpc) is 2.72. The van der Waals surface area contributed by atoms with Gasteiger partial charge in [0.1, 0.15) is 5.15 Å². The van der Waals surface area contributed by atoms with Crippen LogP contribution in [0.5, 0.6) is 0 Å². The fourth-order valence-electron chi connectivity index (χ4n) is 2.39. The molecule has 0 spiro atoms. The van der Waals surface area contributed by atoms with Crippen molar-refractivity contribution in [3.8, 4) is 0 Å². The van der Waals surface area contributed by atoms with Gasteiger partial charge in [-0.05, 0) is 36.8 Å². The number of carbonyl (C=O) groups is 1. The average molecular weight is 253 g/mol. The second-order valence-corrected chi connectivity index (χ2v) is 5.25. The maximum Gasteiger partial charge on any atom is 0.251 e. The first kappa shape index (κ1) is 12.4. The molecule has 4 heteroatoms. The molecule has 0 saturated heterocycles. The van der Waals surface area contributed by atoms with Crippen LogP contribution in [0.15, 0.2) is 18.3 Å². The lowest BCUT2D eigenvalue weighted by Crippen LogP contribution is -2.28. The van der Waals surface area contributed by atoms with E-state index >= 15 is 0 Å². The van der Waals surface area contributed by atoms with Crippen molar-refractivity contribution in [2.24, 2.45) is 11.8 Å². The molecular weight excluding hydrogens is 236 g/mol. The molecule has 0 bridgehead atoms. The molecule has 17 heavy (non-hydrogen) atoms. The third-order valence-electron chi connectivity index (χ3n) is 3.34. The zero-order valence-corrected chi connectivity index (χ0v) is 10.7. The zero-order valence-electron chi connectivity index (χ0n) is 9.95. The Balaban J connectivity index is 1.85. The van der Waals surface area contributed by atoms with Crippen LogP contribution in [0.4, 0.5) is 0 Å². The Hall–Kier alpha value is -1.09. The summed E-state index contributed by atoms with van der Waals surface area (Å²) in [6, 6.07) is 3.27. The number of amides is 1. The van der Waals surface area contributed by atoms with Crippen LogP contribution < -0.4 is 5.32 Å². The number of nitrogens with zero attached hydrogens (tertiary/aromatic N) is 1. The van der Waals surface area contributed by atoms with Crippen LogP contribution in [-0.4, -0.2) is 17.4 Å². The quantitative estimate of drug-likeness (QED) is 0.841. The van der Waals surface area contributed by atoms with Crippen molar-refractivity contribution < 1.29 is 4.79 Å². The summed E-state index contributed by atoms with van der Waals surface area (Å²) in [6.07, 6.45) is 5.27. The molecule has 1 saturated carbocycles. The van der Waals surface area contributed by atoms with Crippen molar-refractivity contribution in [2.75, 3.05) is 6.54 Å². The van der Waals surface area contributed by atoms with E-state index in [9.17, 15) is 4.79 Å². The van der Waals surface area contributed by atoms with E-state index < -0.39 is 0 Å². The number of pyridine rings is 1. The molecule has 1 amide bonds. The van der Waals surface area contributed by atoms with Crippen LogP contribution in [0.2, 0.25) is 5.15 Å². The van der Waals surface area contributed by atoms with Gasteiger partial charge in [0.15, 0.2) is 0 Å². The number of hydrogen-bond acceptors (Lipinski definition) is 2. The van der Waals surface area contributed by atoms with Gasteiger partial charge in [-0.15, -0.1) is 0 Å². The third-order valence-corrected chi connectivity index (χ3v) is 3.55. The van der Waals surface area contributed by atoms with Gasteiger partial charge in [-0.1, -0.05) is 24.9 Å². The Morgan fingerprint density at radius 3 is 3.06 bits per heavy atom. The second kappa shape index (κ2) is 5.50. The summed E-state index contributed by atoms with van der Waals surface area (Å²) in [5, 5.41) is 3.32. The predicted molar refractivity (Wildman–Crippen MR) is 68.1 cm³/mol. The molecule has 0 aliphatic heterocycles. The van der Waals surface area contributed by atoms with Crippen molar-refractivity contribution in [1.29, 1.82) is 0 Å². The second-order valence-electron chi connectivity index (χ2n) is 4.86. The molecule has 1 aromatic heterocycles. The molecule has 1 N–H and O–H groups in total. The van der Waals surface area contributed by atoms with E-state index in [0.717, 1.165) is 12.5 Å². The number of rotatable bonds is 3. The molecule has 1 fully saturated rings. The normalized spacial score (nSPS) is 23.6. The lowest BCUT2D eigenvalue weighted by Gasteiger charge is -2.11. The number of hydrogen-bond donors (Lipinski definition) is 1. The van der Waals surface area contributed by atoms with E-state index in [2.05, 4.69) is 17.2 Å². The Bertz CT molecular complexity index is 408. The molecule has 0 radical (unpaired) electrons. The van der Waals surface area contributed by atoms with Gasteiger partial charge in [-0.3, -0.25) is 4.79 Å². The minimum atomic E-state index is -0.0612. The van der Waals surface area contributed by atoms with Gasteiger partial charge in [-0.25, -0.2) is 4.98 Å². The number of aromatic nitrogens is 1. The van der Waals surface area contributed by atoms with Crippen molar-refractivity contribution in [3.63, 3.8) is 0 Å². The molecule has 2 rings (SSSR count). The van der Waals surface area contributed by atoms with Gasteiger partial charge in [-0.2, -0.15) is 0 Å². The summed E-state index contributed by atoms with van der Waals surface area (Å²) in [5.41, 5.74) is 0.580. The SMILES string of the molecule is CC1CCC(CNC(=O)c2ccnc(Cl)c2)C1. The van der Waals surface area contributed by atoms with Crippen LogP contribution in [0, 0.1) is 11.8 Å². The highest BCUT2D eigenvalue weighted by molar-refractivity contribution is 6.29. The van der Waals surface area contributed by atoms with E-state index in [1.807, 2.05) is 0 Å². The summed E-state index contributed by atoms with van der Waals surface area (Å²) < 4.78 is 0. The maximum atomic E-state index is 11.8. The molecule has 0 aromatic carbocycles. The van der Waals surface area contributed by atoms with Gasteiger partial charge < -0.3 is 5.32 Å². The summed E-state index contributed by atoms with van der Waals surface area (Å²) in [7, 11) is 0. The lowest BCUT2D eigenvalue weighted by molar-refractivity contribution is 0.0947. The monoisotopic (exact) mass is 252 g/mol. The van der Waals surface area contributed by atoms with Gasteiger partial charge >= 0.3 is 0 Å². The molecule has 1 heterocycles. The van der Waals surface area contributed by atoms with Crippen LogP contribution in [-0.2, 0) is 0 Å². The van der Waals surface area contributed by atoms with Gasteiger partial charge in [0.05, 0.1) is 0 Å². The number of halogens is 1. The molecule has 92 valence electrons. The highest BCUT2D eigenvalue weighted by Gasteiger charge is 2.21. The number of nitrogens with one attached hydrogen (secondary N) is 1. The Morgan fingerprint density at radius 1 is 1.59 bits per heavy atom. The summed E-state index contributed by atoms with van der Waals surface area (Å²) in [6.45, 7) is 3.04. The minimum Gasteiger partial charge on any atom is -0.352 e. The van der Waals surface area contributed by atoms with Gasteiger partial charge in [0, 0.05) is 18.3 Å². The predicted octanol–water partition coefficient (Wildman–Crippen LogP) is 2.90. The van der Waals surface area contributed by atoms with Crippen molar-refractivity contribution in [3.05, 3.63) is 29.0 Å². The first-order valence-corrected chi connectivity index (χ1v) is 6.42. The molecule has 1 aliphatic rings. The van der Waals surface area contributed by atoms with E-state index in [1.54, 1.807) is 18.3 Å². The minimum absolute atomic E-state index is 0.0612. The molecule has 1 aliphatic carbocycles. The Morgan fingerprint density at radius 2 is 2.41 bits per heavy atom. The topological polar surface area (TPSA) is 42.0 Å². The summed E-state index contributed by atoms with van der Waals surface area (Å²) in [4.78, 5) is 15.7. The molecule has 2 unspecified atom stereocenters. The van der Waals surface area contributed by atoms with Gasteiger partial charge in [0.25, 0.3) is 5.91 Å². The van der Waals surface area contributed by atoms with Crippen molar-refractivity contribution >= 4 is 17.5 Å². The Kier molecular flexibility index (Phi) is 4.00. The van der Waals surface area contributed by atoms with E-state index in [4.69, 9.17) is 11.6 Å². The van der Waals surface area contributed by atoms with Gasteiger partial charge in [0.2, 0.25) is 0 Å². The standard InChI is InChI=1S/C13H17ClN2O/c1-9-2-3-10(6-9)8-16-13(17)11-4-5-15-12(14)7-11/h4-5,7,9-10H,2-3,6,8H2,1H3,(H,16,17). The van der Waals surface area contributed by atoms with Crippen LogP contribution in [0.25, 0.3) is 0 Å². The summed E-state index contributed by atoms with van der Waals surface area (Å²) in [5.74, 6) is 1.37. The molecule has 3 nitrogen and oxygen atoms in total.